The highest BCUT2D eigenvalue weighted by molar-refractivity contribution is 9.10. The molecule has 1 aliphatic rings. The lowest BCUT2D eigenvalue weighted by Crippen LogP contribution is -2.39. The van der Waals surface area contributed by atoms with E-state index in [-0.39, 0.29) is 23.5 Å². The van der Waals surface area contributed by atoms with Gasteiger partial charge in [0.2, 0.25) is 5.91 Å². The van der Waals surface area contributed by atoms with Crippen LogP contribution in [0.1, 0.15) is 32.6 Å². The summed E-state index contributed by atoms with van der Waals surface area (Å²) in [5, 5.41) is 2.89. The molecule has 0 aromatic heterocycles. The van der Waals surface area contributed by atoms with Crippen LogP contribution in [-0.4, -0.2) is 49.9 Å². The van der Waals surface area contributed by atoms with Gasteiger partial charge in [0.1, 0.15) is 0 Å². The number of nitrogens with zero attached hydrogens (tertiary/aromatic N) is 1. The zero-order chi connectivity index (χ0) is 17.6. The van der Waals surface area contributed by atoms with Gasteiger partial charge in [-0.2, -0.15) is 0 Å². The summed E-state index contributed by atoms with van der Waals surface area (Å²) in [6, 6.07) is 7.54. The van der Waals surface area contributed by atoms with Crippen molar-refractivity contribution < 1.29 is 13.2 Å². The van der Waals surface area contributed by atoms with Gasteiger partial charge in [0, 0.05) is 29.2 Å². The van der Waals surface area contributed by atoms with Gasteiger partial charge in [0.25, 0.3) is 0 Å². The third-order valence-corrected chi connectivity index (χ3v) is 6.50. The predicted molar refractivity (Wildman–Crippen MR) is 101 cm³/mol. The Bertz CT molecular complexity index is 664. The first kappa shape index (κ1) is 19.4. The fourth-order valence-corrected chi connectivity index (χ4v) is 5.10. The summed E-state index contributed by atoms with van der Waals surface area (Å²) in [5.41, 5.74) is 0.762. The quantitative estimate of drug-likeness (QED) is 0.706. The van der Waals surface area contributed by atoms with Crippen LogP contribution in [0, 0.1) is 0 Å². The second-order valence-corrected chi connectivity index (χ2v) is 9.40. The molecular weight excluding hydrogens is 392 g/mol. The molecule has 0 saturated carbocycles. The van der Waals surface area contributed by atoms with Crippen LogP contribution in [0.5, 0.6) is 0 Å². The fourth-order valence-electron chi connectivity index (χ4n) is 2.94. The number of sulfone groups is 1. The van der Waals surface area contributed by atoms with E-state index in [1.165, 1.54) is 0 Å². The molecule has 1 N–H and O–H groups in total. The van der Waals surface area contributed by atoms with Gasteiger partial charge in [-0.3, -0.25) is 9.69 Å². The first-order chi connectivity index (χ1) is 11.4. The normalized spacial score (nSPS) is 19.5. The summed E-state index contributed by atoms with van der Waals surface area (Å²) < 4.78 is 24.4. The zero-order valence-electron chi connectivity index (χ0n) is 14.0. The van der Waals surface area contributed by atoms with Gasteiger partial charge < -0.3 is 5.32 Å². The maximum absolute atomic E-state index is 12.2. The molecule has 1 aliphatic heterocycles. The van der Waals surface area contributed by atoms with Crippen molar-refractivity contribution in [2.45, 2.75) is 38.6 Å². The van der Waals surface area contributed by atoms with E-state index in [0.717, 1.165) is 29.5 Å². The maximum atomic E-state index is 12.2. The van der Waals surface area contributed by atoms with E-state index in [1.54, 1.807) is 0 Å². The average Bonchev–Trinajstić information content (AvgIpc) is 2.87. The molecule has 0 aliphatic carbocycles. The number of nitrogens with one attached hydrogen (secondary N) is 1. The van der Waals surface area contributed by atoms with Crippen molar-refractivity contribution >= 4 is 37.4 Å². The average molecular weight is 417 g/mol. The van der Waals surface area contributed by atoms with E-state index in [9.17, 15) is 13.2 Å². The topological polar surface area (TPSA) is 66.5 Å². The smallest absolute Gasteiger partial charge is 0.225 e. The highest BCUT2D eigenvalue weighted by atomic mass is 79.9. The third kappa shape index (κ3) is 6.18. The number of hydrogen-bond donors (Lipinski definition) is 1. The number of halogens is 1. The SMILES string of the molecule is CCCCN(CCC(=O)Nc1cccc(Br)c1)C1CCS(=O)(=O)C1. The van der Waals surface area contributed by atoms with E-state index in [1.807, 2.05) is 24.3 Å². The Morgan fingerprint density at radius 2 is 2.17 bits per heavy atom. The molecule has 1 aromatic rings. The Hall–Kier alpha value is -0.920. The minimum Gasteiger partial charge on any atom is -0.326 e. The summed E-state index contributed by atoms with van der Waals surface area (Å²) in [6.07, 6.45) is 3.12. The Labute approximate surface area is 152 Å². The monoisotopic (exact) mass is 416 g/mol. The molecule has 0 radical (unpaired) electrons. The van der Waals surface area contributed by atoms with Crippen molar-refractivity contribution in [1.82, 2.24) is 4.90 Å². The Morgan fingerprint density at radius 3 is 2.79 bits per heavy atom. The number of anilines is 1. The molecule has 1 fully saturated rings. The van der Waals surface area contributed by atoms with Crippen LogP contribution in [0.3, 0.4) is 0 Å². The summed E-state index contributed by atoms with van der Waals surface area (Å²) in [5.74, 6) is 0.449. The lowest BCUT2D eigenvalue weighted by Gasteiger charge is -2.27. The van der Waals surface area contributed by atoms with Gasteiger partial charge >= 0.3 is 0 Å². The van der Waals surface area contributed by atoms with Gasteiger partial charge in [0.05, 0.1) is 11.5 Å². The van der Waals surface area contributed by atoms with Gasteiger partial charge in [-0.05, 0) is 37.6 Å². The molecule has 1 atom stereocenters. The predicted octanol–water partition coefficient (Wildman–Crippen LogP) is 3.07. The molecule has 7 heteroatoms. The second kappa shape index (κ2) is 8.97. The summed E-state index contributed by atoms with van der Waals surface area (Å²) in [4.78, 5) is 14.3. The number of amides is 1. The molecule has 1 unspecified atom stereocenters. The zero-order valence-corrected chi connectivity index (χ0v) is 16.4. The van der Waals surface area contributed by atoms with Crippen LogP contribution in [0.25, 0.3) is 0 Å². The van der Waals surface area contributed by atoms with Crippen molar-refractivity contribution in [2.75, 3.05) is 29.9 Å². The molecule has 0 spiro atoms. The van der Waals surface area contributed by atoms with Gasteiger partial charge in [0.15, 0.2) is 9.84 Å². The standard InChI is InChI=1S/C17H25BrN2O3S/c1-2-3-9-20(16-8-11-24(22,23)13-16)10-7-17(21)19-15-6-4-5-14(18)12-15/h4-6,12,16H,2-3,7-11,13H2,1H3,(H,19,21). The Balaban J connectivity index is 1.88. The number of benzene rings is 1. The number of carbonyl (C=O) groups is 1. The van der Waals surface area contributed by atoms with Crippen molar-refractivity contribution in [3.05, 3.63) is 28.7 Å². The number of rotatable bonds is 8. The Morgan fingerprint density at radius 1 is 1.38 bits per heavy atom. The minimum absolute atomic E-state index is 0.0459. The van der Waals surface area contributed by atoms with Gasteiger partial charge in [-0.15, -0.1) is 0 Å². The molecule has 1 aromatic carbocycles. The molecule has 1 heterocycles. The van der Waals surface area contributed by atoms with Crippen molar-refractivity contribution in [3.8, 4) is 0 Å². The first-order valence-electron chi connectivity index (χ1n) is 8.39. The largest absolute Gasteiger partial charge is 0.326 e. The minimum atomic E-state index is -2.90. The molecule has 1 amide bonds. The van der Waals surface area contributed by atoms with E-state index in [2.05, 4.69) is 33.1 Å². The van der Waals surface area contributed by atoms with Crippen LogP contribution in [0.2, 0.25) is 0 Å². The first-order valence-corrected chi connectivity index (χ1v) is 11.0. The fraction of sp³-hybridized carbons (Fsp3) is 0.588. The Kier molecular flexibility index (Phi) is 7.25. The number of hydrogen-bond acceptors (Lipinski definition) is 4. The lowest BCUT2D eigenvalue weighted by atomic mass is 10.2. The van der Waals surface area contributed by atoms with Gasteiger partial charge in [-0.25, -0.2) is 8.42 Å². The molecule has 2 rings (SSSR count). The van der Waals surface area contributed by atoms with Gasteiger partial charge in [-0.1, -0.05) is 35.3 Å². The van der Waals surface area contributed by atoms with E-state index < -0.39 is 9.84 Å². The maximum Gasteiger partial charge on any atom is 0.225 e. The van der Waals surface area contributed by atoms with Crippen LogP contribution < -0.4 is 5.32 Å². The highest BCUT2D eigenvalue weighted by Crippen LogP contribution is 2.19. The number of unbranched alkanes of at least 4 members (excludes halogenated alkanes) is 1. The molecule has 134 valence electrons. The van der Waals surface area contributed by atoms with Crippen LogP contribution in [-0.2, 0) is 14.6 Å². The molecule has 0 bridgehead atoms. The van der Waals surface area contributed by atoms with Crippen LogP contribution in [0.15, 0.2) is 28.7 Å². The van der Waals surface area contributed by atoms with E-state index in [4.69, 9.17) is 0 Å². The summed E-state index contributed by atoms with van der Waals surface area (Å²) >= 11 is 3.38. The third-order valence-electron chi connectivity index (χ3n) is 4.26. The molecular formula is C17H25BrN2O3S. The molecule has 24 heavy (non-hydrogen) atoms. The highest BCUT2D eigenvalue weighted by Gasteiger charge is 2.31. The lowest BCUT2D eigenvalue weighted by molar-refractivity contribution is -0.116. The van der Waals surface area contributed by atoms with Crippen molar-refractivity contribution in [2.24, 2.45) is 0 Å². The van der Waals surface area contributed by atoms with Crippen molar-refractivity contribution in [1.29, 1.82) is 0 Å². The molecule has 5 nitrogen and oxygen atoms in total. The van der Waals surface area contributed by atoms with Crippen LogP contribution in [0.4, 0.5) is 5.69 Å². The van der Waals surface area contributed by atoms with E-state index >= 15 is 0 Å². The molecule has 1 saturated heterocycles. The van der Waals surface area contributed by atoms with E-state index in [0.29, 0.717) is 19.4 Å². The van der Waals surface area contributed by atoms with Crippen molar-refractivity contribution in [3.63, 3.8) is 0 Å². The second-order valence-electron chi connectivity index (χ2n) is 6.25. The summed E-state index contributed by atoms with van der Waals surface area (Å²) in [6.45, 7) is 3.56. The number of carbonyl (C=O) groups excluding carboxylic acids is 1. The van der Waals surface area contributed by atoms with Crippen LogP contribution >= 0.6 is 15.9 Å². The summed E-state index contributed by atoms with van der Waals surface area (Å²) in [7, 11) is -2.90.